The Kier molecular flexibility index (Phi) is 4.32. The smallest absolute Gasteiger partial charge is 0.269 e. The number of nitrogens with one attached hydrogen (secondary N) is 1. The molecule has 1 fully saturated rings. The molecule has 1 aromatic carbocycles. The molecule has 0 radical (unpaired) electrons. The van der Waals surface area contributed by atoms with Crippen molar-refractivity contribution in [2.45, 2.75) is 26.3 Å². The molecule has 1 aromatic heterocycles. The fourth-order valence-electron chi connectivity index (χ4n) is 2.39. The van der Waals surface area contributed by atoms with E-state index in [0.29, 0.717) is 23.8 Å². The Bertz CT molecular complexity index is 723. The number of aromatic nitrogens is 2. The van der Waals surface area contributed by atoms with Crippen molar-refractivity contribution in [3.8, 4) is 5.75 Å². The van der Waals surface area contributed by atoms with Crippen LogP contribution < -0.4 is 10.1 Å². The van der Waals surface area contributed by atoms with E-state index >= 15 is 0 Å². The minimum Gasteiger partial charge on any atom is -0.490 e. The number of benzene rings is 1. The predicted molar refractivity (Wildman–Crippen MR) is 83.7 cm³/mol. The number of halogens is 1. The maximum Gasteiger partial charge on any atom is 0.269 e. The molecule has 0 aliphatic heterocycles. The molecular formula is C17H20FN3O2. The topological polar surface area (TPSA) is 56.1 Å². The first-order valence-electron chi connectivity index (χ1n) is 7.73. The number of aryl methyl sites for hydroxylation is 2. The second-order valence-corrected chi connectivity index (χ2v) is 5.96. The first kappa shape index (κ1) is 15.5. The van der Waals surface area contributed by atoms with E-state index in [1.807, 2.05) is 6.92 Å². The lowest BCUT2D eigenvalue weighted by atomic mass is 10.2. The van der Waals surface area contributed by atoms with Gasteiger partial charge in [0.25, 0.3) is 5.91 Å². The molecule has 5 nitrogen and oxygen atoms in total. The van der Waals surface area contributed by atoms with Gasteiger partial charge in [0.2, 0.25) is 0 Å². The van der Waals surface area contributed by atoms with E-state index in [9.17, 15) is 9.18 Å². The maximum absolute atomic E-state index is 14.4. The second kappa shape index (κ2) is 6.40. The first-order chi connectivity index (χ1) is 11.0. The summed E-state index contributed by atoms with van der Waals surface area (Å²) in [6, 6.07) is 6.70. The lowest BCUT2D eigenvalue weighted by molar-refractivity contribution is 0.0941. The average molecular weight is 317 g/mol. The van der Waals surface area contributed by atoms with Gasteiger partial charge in [0, 0.05) is 19.2 Å². The summed E-state index contributed by atoms with van der Waals surface area (Å²) < 4.78 is 21.4. The van der Waals surface area contributed by atoms with Crippen LogP contribution in [0.5, 0.6) is 5.75 Å². The number of rotatable bonds is 6. The summed E-state index contributed by atoms with van der Waals surface area (Å²) in [5.41, 5.74) is 1.62. The van der Waals surface area contributed by atoms with E-state index in [1.54, 1.807) is 31.3 Å². The van der Waals surface area contributed by atoms with Gasteiger partial charge in [-0.2, -0.15) is 5.10 Å². The highest BCUT2D eigenvalue weighted by Gasteiger charge is 2.23. The van der Waals surface area contributed by atoms with Crippen LogP contribution >= 0.6 is 0 Å². The Morgan fingerprint density at radius 1 is 1.48 bits per heavy atom. The van der Waals surface area contributed by atoms with Crippen LogP contribution in [-0.4, -0.2) is 22.3 Å². The van der Waals surface area contributed by atoms with Crippen LogP contribution in [0.1, 0.15) is 34.6 Å². The molecule has 0 atom stereocenters. The van der Waals surface area contributed by atoms with Gasteiger partial charge in [0.1, 0.15) is 5.69 Å². The summed E-state index contributed by atoms with van der Waals surface area (Å²) in [5.74, 6) is 0.123. The van der Waals surface area contributed by atoms with Crippen molar-refractivity contribution < 1.29 is 13.9 Å². The zero-order valence-corrected chi connectivity index (χ0v) is 13.3. The van der Waals surface area contributed by atoms with Gasteiger partial charge in [-0.25, -0.2) is 4.39 Å². The summed E-state index contributed by atoms with van der Waals surface area (Å²) in [7, 11) is 1.70. The highest BCUT2D eigenvalue weighted by Crippen LogP contribution is 2.30. The number of ether oxygens (including phenoxy) is 1. The molecule has 1 N–H and O–H groups in total. The van der Waals surface area contributed by atoms with Gasteiger partial charge in [0.05, 0.1) is 12.3 Å². The van der Waals surface area contributed by atoms with Gasteiger partial charge in [-0.3, -0.25) is 9.48 Å². The van der Waals surface area contributed by atoms with Crippen LogP contribution in [0.25, 0.3) is 0 Å². The molecule has 1 heterocycles. The SMILES string of the molecule is Cc1cc(C(=O)NCc2cccc(OCC3CC3)c2F)n(C)n1. The van der Waals surface area contributed by atoms with Crippen molar-refractivity contribution in [3.05, 3.63) is 47.0 Å². The zero-order chi connectivity index (χ0) is 16.4. The fraction of sp³-hybridized carbons (Fsp3) is 0.412. The Balaban J connectivity index is 1.64. The van der Waals surface area contributed by atoms with Gasteiger partial charge >= 0.3 is 0 Å². The van der Waals surface area contributed by atoms with Crippen molar-refractivity contribution in [3.63, 3.8) is 0 Å². The number of amides is 1. The number of hydrogen-bond donors (Lipinski definition) is 1. The van der Waals surface area contributed by atoms with Crippen molar-refractivity contribution in [1.82, 2.24) is 15.1 Å². The van der Waals surface area contributed by atoms with Crippen molar-refractivity contribution in [2.75, 3.05) is 6.61 Å². The van der Waals surface area contributed by atoms with Gasteiger partial charge in [-0.15, -0.1) is 0 Å². The number of carbonyl (C=O) groups is 1. The van der Waals surface area contributed by atoms with E-state index in [4.69, 9.17) is 4.74 Å². The average Bonchev–Trinajstić information content (AvgIpc) is 3.28. The van der Waals surface area contributed by atoms with Crippen molar-refractivity contribution >= 4 is 5.91 Å². The molecule has 1 aliphatic carbocycles. The van der Waals surface area contributed by atoms with E-state index in [-0.39, 0.29) is 18.2 Å². The van der Waals surface area contributed by atoms with Crippen LogP contribution in [0, 0.1) is 18.7 Å². The molecule has 0 saturated heterocycles. The fourth-order valence-corrected chi connectivity index (χ4v) is 2.39. The van der Waals surface area contributed by atoms with Crippen LogP contribution in [0.3, 0.4) is 0 Å². The van der Waals surface area contributed by atoms with Crippen LogP contribution in [0.2, 0.25) is 0 Å². The largest absolute Gasteiger partial charge is 0.490 e. The number of nitrogens with zero attached hydrogens (tertiary/aromatic N) is 2. The van der Waals surface area contributed by atoms with Gasteiger partial charge in [-0.1, -0.05) is 12.1 Å². The lowest BCUT2D eigenvalue weighted by Crippen LogP contribution is -2.25. The van der Waals surface area contributed by atoms with Crippen LogP contribution in [0.4, 0.5) is 4.39 Å². The summed E-state index contributed by atoms with van der Waals surface area (Å²) >= 11 is 0. The standard InChI is InChI=1S/C17H20FN3O2/c1-11-8-14(21(2)20-11)17(22)19-9-13-4-3-5-15(16(13)18)23-10-12-6-7-12/h3-5,8,12H,6-7,9-10H2,1-2H3,(H,19,22). The molecule has 0 unspecified atom stereocenters. The summed E-state index contributed by atoms with van der Waals surface area (Å²) in [6.07, 6.45) is 2.31. The van der Waals surface area contributed by atoms with E-state index in [2.05, 4.69) is 10.4 Å². The maximum atomic E-state index is 14.4. The van der Waals surface area contributed by atoms with Crippen molar-refractivity contribution in [2.24, 2.45) is 13.0 Å². The highest BCUT2D eigenvalue weighted by molar-refractivity contribution is 5.92. The molecule has 2 aromatic rings. The minimum atomic E-state index is -0.408. The van der Waals surface area contributed by atoms with E-state index in [0.717, 1.165) is 18.5 Å². The third-order valence-electron chi connectivity index (χ3n) is 3.89. The summed E-state index contributed by atoms with van der Waals surface area (Å²) in [5, 5.41) is 6.85. The third-order valence-corrected chi connectivity index (χ3v) is 3.89. The van der Waals surface area contributed by atoms with Gasteiger partial charge in [0.15, 0.2) is 11.6 Å². The quantitative estimate of drug-likeness (QED) is 0.891. The summed E-state index contributed by atoms with van der Waals surface area (Å²) in [6.45, 7) is 2.48. The lowest BCUT2D eigenvalue weighted by Gasteiger charge is -2.11. The molecule has 6 heteroatoms. The second-order valence-electron chi connectivity index (χ2n) is 5.96. The molecular weight excluding hydrogens is 297 g/mol. The molecule has 1 aliphatic rings. The molecule has 122 valence electrons. The zero-order valence-electron chi connectivity index (χ0n) is 13.3. The molecule has 1 amide bonds. The molecule has 23 heavy (non-hydrogen) atoms. The van der Waals surface area contributed by atoms with E-state index in [1.165, 1.54) is 4.68 Å². The Hall–Kier alpha value is -2.37. The molecule has 0 bridgehead atoms. The Morgan fingerprint density at radius 3 is 2.91 bits per heavy atom. The predicted octanol–water partition coefficient (Wildman–Crippen LogP) is 2.59. The van der Waals surface area contributed by atoms with Crippen LogP contribution in [-0.2, 0) is 13.6 Å². The Labute approximate surface area is 134 Å². The molecule has 1 saturated carbocycles. The van der Waals surface area contributed by atoms with Gasteiger partial charge in [-0.05, 0) is 37.8 Å². The first-order valence-corrected chi connectivity index (χ1v) is 7.73. The Morgan fingerprint density at radius 2 is 2.26 bits per heavy atom. The number of carbonyl (C=O) groups excluding carboxylic acids is 1. The van der Waals surface area contributed by atoms with Gasteiger partial charge < -0.3 is 10.1 Å². The summed E-state index contributed by atoms with van der Waals surface area (Å²) in [4.78, 5) is 12.1. The molecule has 0 spiro atoms. The third kappa shape index (κ3) is 3.70. The number of hydrogen-bond acceptors (Lipinski definition) is 3. The molecule has 3 rings (SSSR count). The monoisotopic (exact) mass is 317 g/mol. The normalized spacial score (nSPS) is 13.9. The highest BCUT2D eigenvalue weighted by atomic mass is 19.1. The van der Waals surface area contributed by atoms with E-state index < -0.39 is 5.82 Å². The minimum absolute atomic E-state index is 0.107. The van der Waals surface area contributed by atoms with Crippen LogP contribution in [0.15, 0.2) is 24.3 Å². The van der Waals surface area contributed by atoms with Crippen molar-refractivity contribution in [1.29, 1.82) is 0 Å².